The van der Waals surface area contributed by atoms with Crippen LogP contribution in [0.15, 0.2) is 24.3 Å². The average molecular weight is 743 g/mol. The fraction of sp³-hybridized carbons (Fsp3) is 0.857. The van der Waals surface area contributed by atoms with Crippen LogP contribution in [0.3, 0.4) is 0 Å². The summed E-state index contributed by atoms with van der Waals surface area (Å²) < 4.78 is 33.0. The van der Waals surface area contributed by atoms with Crippen molar-refractivity contribution in [3.8, 4) is 0 Å². The highest BCUT2D eigenvalue weighted by molar-refractivity contribution is 7.47. The maximum absolute atomic E-state index is 12.6. The third-order valence-electron chi connectivity index (χ3n) is 8.90. The van der Waals surface area contributed by atoms with Crippen LogP contribution in [-0.2, 0) is 32.7 Å². The molecule has 0 heterocycles. The lowest BCUT2D eigenvalue weighted by Crippen LogP contribution is -2.29. The molecule has 1 unspecified atom stereocenters. The van der Waals surface area contributed by atoms with E-state index in [2.05, 4.69) is 38.2 Å². The van der Waals surface area contributed by atoms with E-state index in [0.717, 1.165) is 70.6 Å². The van der Waals surface area contributed by atoms with Gasteiger partial charge in [0.1, 0.15) is 6.61 Å². The van der Waals surface area contributed by atoms with Crippen molar-refractivity contribution in [2.45, 2.75) is 213 Å². The van der Waals surface area contributed by atoms with Crippen molar-refractivity contribution in [1.82, 2.24) is 0 Å². The number of hydrogen-bond donors (Lipinski definition) is 1. The highest BCUT2D eigenvalue weighted by Gasteiger charge is 2.25. The molecule has 0 aliphatic carbocycles. The number of phosphoric acid groups is 1. The molecule has 0 amide bonds. The monoisotopic (exact) mass is 743 g/mol. The molecule has 9 heteroatoms. The first kappa shape index (κ1) is 49.5. The van der Waals surface area contributed by atoms with Crippen LogP contribution in [0, 0.1) is 0 Å². The van der Waals surface area contributed by atoms with Crippen molar-refractivity contribution in [2.75, 3.05) is 19.8 Å². The summed E-state index contributed by atoms with van der Waals surface area (Å²) in [6, 6.07) is 0. The lowest BCUT2D eigenvalue weighted by Gasteiger charge is -2.20. The number of hydrogen-bond acceptors (Lipinski definition) is 7. The second-order valence-corrected chi connectivity index (χ2v) is 15.5. The van der Waals surface area contributed by atoms with Gasteiger partial charge in [0, 0.05) is 12.8 Å². The van der Waals surface area contributed by atoms with Gasteiger partial charge in [-0.25, -0.2) is 4.57 Å². The van der Waals surface area contributed by atoms with Crippen LogP contribution in [0.2, 0.25) is 0 Å². The zero-order valence-electron chi connectivity index (χ0n) is 33.3. The third kappa shape index (κ3) is 38.1. The van der Waals surface area contributed by atoms with Gasteiger partial charge in [-0.3, -0.25) is 18.6 Å². The van der Waals surface area contributed by atoms with E-state index < -0.39 is 26.5 Å². The summed E-state index contributed by atoms with van der Waals surface area (Å²) in [6.07, 6.45) is 40.0. The van der Waals surface area contributed by atoms with Crippen LogP contribution in [0.5, 0.6) is 0 Å². The predicted octanol–water partition coefficient (Wildman–Crippen LogP) is 13.1. The Labute approximate surface area is 313 Å². The van der Waals surface area contributed by atoms with E-state index in [9.17, 15) is 19.0 Å². The summed E-state index contributed by atoms with van der Waals surface area (Å²) in [6.45, 7) is 5.76. The first-order valence-corrected chi connectivity index (χ1v) is 22.6. The van der Waals surface area contributed by atoms with Gasteiger partial charge >= 0.3 is 19.8 Å². The molecule has 0 spiro atoms. The largest absolute Gasteiger partial charge is 0.472 e. The second kappa shape index (κ2) is 38.3. The van der Waals surface area contributed by atoms with E-state index in [0.29, 0.717) is 12.8 Å². The number of carbonyl (C=O) groups excluding carboxylic acids is 2. The number of allylic oxidation sites excluding steroid dienone is 4. The van der Waals surface area contributed by atoms with Crippen molar-refractivity contribution < 1.29 is 37.6 Å². The Balaban J connectivity index is 4.20. The number of phosphoric ester groups is 1. The van der Waals surface area contributed by atoms with Crippen LogP contribution >= 0.6 is 7.82 Å². The topological polar surface area (TPSA) is 108 Å². The number of carbonyl (C=O) groups is 2. The number of unbranched alkanes of at least 4 members (excludes halogenated alkanes) is 22. The molecule has 0 saturated carbocycles. The molecule has 8 nitrogen and oxygen atoms in total. The normalized spacial score (nSPS) is 13.6. The molecule has 1 N–H and O–H groups in total. The molecule has 0 aliphatic rings. The molecule has 0 bridgehead atoms. The first-order valence-electron chi connectivity index (χ1n) is 21.1. The number of ether oxygens (including phenoxy) is 2. The second-order valence-electron chi connectivity index (χ2n) is 14.1. The van der Waals surface area contributed by atoms with E-state index in [-0.39, 0.29) is 32.0 Å². The molecule has 0 radical (unpaired) electrons. The van der Waals surface area contributed by atoms with Crippen LogP contribution in [0.1, 0.15) is 207 Å². The molecule has 0 fully saturated rings. The SMILES string of the molecule is CCCCCCCC/C=C\CCCCCCCC(=O)OC[C@H](COP(=O)(O)OCCC)OC(=O)CCCCCCC/C=C\CCCCCCCC. The minimum Gasteiger partial charge on any atom is -0.462 e. The van der Waals surface area contributed by atoms with Gasteiger partial charge in [-0.1, -0.05) is 148 Å². The predicted molar refractivity (Wildman–Crippen MR) is 212 cm³/mol. The van der Waals surface area contributed by atoms with E-state index in [1.54, 1.807) is 0 Å². The third-order valence-corrected chi connectivity index (χ3v) is 9.88. The Hall–Kier alpha value is -1.47. The van der Waals surface area contributed by atoms with E-state index in [4.69, 9.17) is 18.5 Å². The molecule has 0 aromatic carbocycles. The fourth-order valence-electron chi connectivity index (χ4n) is 5.72. The summed E-state index contributed by atoms with van der Waals surface area (Å²) in [5, 5.41) is 0. The van der Waals surface area contributed by atoms with Crippen molar-refractivity contribution in [3.05, 3.63) is 24.3 Å². The van der Waals surface area contributed by atoms with E-state index in [1.165, 1.54) is 89.9 Å². The molecule has 0 saturated heterocycles. The summed E-state index contributed by atoms with van der Waals surface area (Å²) in [5.74, 6) is -0.808. The van der Waals surface area contributed by atoms with Crippen LogP contribution in [0.4, 0.5) is 0 Å². The van der Waals surface area contributed by atoms with Crippen LogP contribution in [0.25, 0.3) is 0 Å². The fourth-order valence-corrected chi connectivity index (χ4v) is 6.56. The molecule has 300 valence electrons. The smallest absolute Gasteiger partial charge is 0.462 e. The minimum atomic E-state index is -4.29. The maximum Gasteiger partial charge on any atom is 0.472 e. The van der Waals surface area contributed by atoms with E-state index >= 15 is 0 Å². The van der Waals surface area contributed by atoms with Crippen molar-refractivity contribution >= 4 is 19.8 Å². The van der Waals surface area contributed by atoms with Gasteiger partial charge in [0.15, 0.2) is 6.10 Å². The molecule has 0 rings (SSSR count). The van der Waals surface area contributed by atoms with Gasteiger partial charge in [0.25, 0.3) is 0 Å². The molecular formula is C42H79O8P. The Morgan fingerprint density at radius 3 is 1.33 bits per heavy atom. The Morgan fingerprint density at radius 1 is 0.510 bits per heavy atom. The van der Waals surface area contributed by atoms with Gasteiger partial charge in [-0.05, 0) is 70.6 Å². The van der Waals surface area contributed by atoms with Gasteiger partial charge in [-0.15, -0.1) is 0 Å². The zero-order chi connectivity index (χ0) is 37.5. The standard InChI is InChI=1S/C42H79O8P/c1-4-7-9-11-13-15-17-19-21-23-25-27-29-31-33-35-41(43)47-38-40(39-49-51(45,46)48-37-6-3)50-42(44)36-34-32-30-28-26-24-22-20-18-16-14-12-10-8-5-2/h19-22,40H,4-18,23-39H2,1-3H3,(H,45,46)/b21-19-,22-20-/t40-/m1/s1. The summed E-state index contributed by atoms with van der Waals surface area (Å²) in [7, 11) is -4.29. The average Bonchev–Trinajstić information content (AvgIpc) is 3.11. The highest BCUT2D eigenvalue weighted by atomic mass is 31.2. The van der Waals surface area contributed by atoms with Crippen molar-refractivity contribution in [1.29, 1.82) is 0 Å². The Kier molecular flexibility index (Phi) is 37.2. The van der Waals surface area contributed by atoms with Crippen molar-refractivity contribution in [3.63, 3.8) is 0 Å². The van der Waals surface area contributed by atoms with Crippen LogP contribution in [-0.4, -0.2) is 42.8 Å². The molecule has 0 aliphatic heterocycles. The van der Waals surface area contributed by atoms with E-state index in [1.807, 2.05) is 6.92 Å². The summed E-state index contributed by atoms with van der Waals surface area (Å²) in [4.78, 5) is 34.9. The number of esters is 2. The van der Waals surface area contributed by atoms with Gasteiger partial charge in [0.2, 0.25) is 0 Å². The quantitative estimate of drug-likeness (QED) is 0.0287. The summed E-state index contributed by atoms with van der Waals surface area (Å²) >= 11 is 0. The van der Waals surface area contributed by atoms with Gasteiger partial charge < -0.3 is 14.4 Å². The minimum absolute atomic E-state index is 0.0681. The zero-order valence-corrected chi connectivity index (χ0v) is 34.2. The number of rotatable bonds is 39. The lowest BCUT2D eigenvalue weighted by atomic mass is 10.1. The Morgan fingerprint density at radius 2 is 0.902 bits per heavy atom. The highest BCUT2D eigenvalue weighted by Crippen LogP contribution is 2.43. The van der Waals surface area contributed by atoms with Gasteiger partial charge in [-0.2, -0.15) is 0 Å². The molecular weight excluding hydrogens is 663 g/mol. The van der Waals surface area contributed by atoms with Crippen molar-refractivity contribution in [2.24, 2.45) is 0 Å². The first-order chi connectivity index (χ1) is 24.8. The molecule has 51 heavy (non-hydrogen) atoms. The maximum atomic E-state index is 12.6. The lowest BCUT2D eigenvalue weighted by molar-refractivity contribution is -0.161. The summed E-state index contributed by atoms with van der Waals surface area (Å²) in [5.41, 5.74) is 0. The van der Waals surface area contributed by atoms with Crippen LogP contribution < -0.4 is 0 Å². The Bertz CT molecular complexity index is 890. The molecule has 0 aromatic rings. The molecule has 0 aromatic heterocycles. The molecule has 2 atom stereocenters. The van der Waals surface area contributed by atoms with Gasteiger partial charge in [0.05, 0.1) is 13.2 Å².